The van der Waals surface area contributed by atoms with Crippen LogP contribution in [0.15, 0.2) is 46.1 Å². The van der Waals surface area contributed by atoms with E-state index in [1.807, 2.05) is 19.2 Å². The molecule has 0 aliphatic heterocycles. The number of ether oxygens (including phenoxy) is 1. The molecule has 0 saturated carbocycles. The highest BCUT2D eigenvalue weighted by Gasteiger charge is 2.08. The molecule has 7 heteroatoms. The average molecular weight is 463 g/mol. The molecule has 2 aromatic rings. The summed E-state index contributed by atoms with van der Waals surface area (Å²) in [5.74, 6) is 0.641. The van der Waals surface area contributed by atoms with Crippen LogP contribution in [-0.2, 0) is 6.54 Å². The van der Waals surface area contributed by atoms with Crippen LogP contribution in [0.5, 0.6) is 5.75 Å². The Balaban J connectivity index is 0.00000288. The lowest BCUT2D eigenvalue weighted by atomic mass is 10.3. The highest BCUT2D eigenvalue weighted by Crippen LogP contribution is 2.16. The maximum Gasteiger partial charge on any atom is 0.191 e. The molecule has 0 aliphatic carbocycles. The van der Waals surface area contributed by atoms with Crippen LogP contribution in [-0.4, -0.2) is 25.2 Å². The molecule has 2 rings (SSSR count). The van der Waals surface area contributed by atoms with Gasteiger partial charge in [-0.15, -0.1) is 24.0 Å². The SMILES string of the molecule is CCNC(=NCc1ccsc1)NCC(C)Oc1ccccc1F.I. The van der Waals surface area contributed by atoms with Crippen LogP contribution >= 0.6 is 35.3 Å². The van der Waals surface area contributed by atoms with Crippen LogP contribution in [0, 0.1) is 5.82 Å². The second-order valence-corrected chi connectivity index (χ2v) is 5.85. The van der Waals surface area contributed by atoms with Gasteiger partial charge in [-0.25, -0.2) is 9.38 Å². The summed E-state index contributed by atoms with van der Waals surface area (Å²) in [5.41, 5.74) is 1.18. The number of guanidine groups is 1. The predicted octanol–water partition coefficient (Wildman–Crippen LogP) is 4.03. The fourth-order valence-corrected chi connectivity index (χ4v) is 2.59. The monoisotopic (exact) mass is 463 g/mol. The molecule has 0 radical (unpaired) electrons. The van der Waals surface area contributed by atoms with Crippen LogP contribution in [0.1, 0.15) is 19.4 Å². The minimum absolute atomic E-state index is 0. The van der Waals surface area contributed by atoms with Gasteiger partial charge in [-0.2, -0.15) is 11.3 Å². The lowest BCUT2D eigenvalue weighted by Gasteiger charge is -2.18. The summed E-state index contributed by atoms with van der Waals surface area (Å²) in [4.78, 5) is 4.52. The maximum atomic E-state index is 13.6. The van der Waals surface area contributed by atoms with Crippen molar-refractivity contribution in [2.24, 2.45) is 4.99 Å². The van der Waals surface area contributed by atoms with Crippen molar-refractivity contribution in [1.29, 1.82) is 0 Å². The van der Waals surface area contributed by atoms with Gasteiger partial charge in [-0.1, -0.05) is 12.1 Å². The van der Waals surface area contributed by atoms with Crippen LogP contribution in [0.3, 0.4) is 0 Å². The van der Waals surface area contributed by atoms with Crippen molar-refractivity contribution in [2.45, 2.75) is 26.5 Å². The van der Waals surface area contributed by atoms with E-state index < -0.39 is 0 Å². The van der Waals surface area contributed by atoms with Gasteiger partial charge in [0, 0.05) is 6.54 Å². The number of thiophene rings is 1. The van der Waals surface area contributed by atoms with Crippen molar-refractivity contribution in [2.75, 3.05) is 13.1 Å². The molecule has 24 heavy (non-hydrogen) atoms. The number of halogens is 2. The largest absolute Gasteiger partial charge is 0.486 e. The number of nitrogens with one attached hydrogen (secondary N) is 2. The number of aliphatic imine (C=N–C) groups is 1. The van der Waals surface area contributed by atoms with E-state index in [0.717, 1.165) is 12.5 Å². The zero-order valence-electron chi connectivity index (χ0n) is 13.8. The summed E-state index contributed by atoms with van der Waals surface area (Å²) in [6.07, 6.45) is -0.183. The molecule has 2 N–H and O–H groups in total. The topological polar surface area (TPSA) is 45.7 Å². The van der Waals surface area contributed by atoms with Gasteiger partial charge in [0.25, 0.3) is 0 Å². The van der Waals surface area contributed by atoms with E-state index in [2.05, 4.69) is 27.1 Å². The molecule has 1 aromatic carbocycles. The number of benzene rings is 1. The van der Waals surface area contributed by atoms with E-state index >= 15 is 0 Å². The maximum absolute atomic E-state index is 13.6. The fourth-order valence-electron chi connectivity index (χ4n) is 1.93. The van der Waals surface area contributed by atoms with Gasteiger partial charge in [0.05, 0.1) is 13.1 Å². The van der Waals surface area contributed by atoms with Crippen LogP contribution in [0.2, 0.25) is 0 Å². The first-order valence-electron chi connectivity index (χ1n) is 7.63. The standard InChI is InChI=1S/C17H22FN3OS.HI/c1-3-19-17(21-11-14-8-9-23-12-14)20-10-13(2)22-16-7-5-4-6-15(16)18;/h4-9,12-13H,3,10-11H2,1-2H3,(H2,19,20,21);1H. The van der Waals surface area contributed by atoms with Crippen LogP contribution < -0.4 is 15.4 Å². The third-order valence-electron chi connectivity index (χ3n) is 3.07. The molecule has 0 bridgehead atoms. The number of hydrogen-bond donors (Lipinski definition) is 2. The summed E-state index contributed by atoms with van der Waals surface area (Å²) in [5, 5.41) is 10.5. The van der Waals surface area contributed by atoms with Crippen molar-refractivity contribution in [1.82, 2.24) is 10.6 Å². The Hall–Kier alpha value is -1.35. The number of hydrogen-bond acceptors (Lipinski definition) is 3. The van der Waals surface area contributed by atoms with Gasteiger partial charge < -0.3 is 15.4 Å². The minimum atomic E-state index is -0.350. The van der Waals surface area contributed by atoms with Crippen molar-refractivity contribution in [3.8, 4) is 5.75 Å². The normalized spacial score (nSPS) is 12.2. The van der Waals surface area contributed by atoms with E-state index in [4.69, 9.17) is 4.74 Å². The highest BCUT2D eigenvalue weighted by atomic mass is 127. The average Bonchev–Trinajstić information content (AvgIpc) is 3.06. The molecule has 0 amide bonds. The summed E-state index contributed by atoms with van der Waals surface area (Å²) in [6.45, 7) is 5.84. The predicted molar refractivity (Wildman–Crippen MR) is 109 cm³/mol. The van der Waals surface area contributed by atoms with E-state index in [9.17, 15) is 4.39 Å². The third-order valence-corrected chi connectivity index (χ3v) is 3.80. The van der Waals surface area contributed by atoms with Crippen molar-refractivity contribution < 1.29 is 9.13 Å². The fraction of sp³-hybridized carbons (Fsp3) is 0.353. The smallest absolute Gasteiger partial charge is 0.191 e. The number of nitrogens with zero attached hydrogens (tertiary/aromatic N) is 1. The second-order valence-electron chi connectivity index (χ2n) is 5.07. The molecular formula is C17H23FIN3OS. The molecule has 0 aliphatic rings. The molecule has 1 heterocycles. The van der Waals surface area contributed by atoms with Gasteiger partial charge in [0.1, 0.15) is 6.10 Å². The summed E-state index contributed by atoms with van der Waals surface area (Å²) >= 11 is 1.66. The first-order chi connectivity index (χ1) is 11.2. The first-order valence-corrected chi connectivity index (χ1v) is 8.57. The molecule has 0 spiro atoms. The number of para-hydroxylation sites is 1. The van der Waals surface area contributed by atoms with Gasteiger partial charge in [-0.05, 0) is 48.4 Å². The zero-order chi connectivity index (χ0) is 16.5. The second kappa shape index (κ2) is 11.2. The molecule has 1 aromatic heterocycles. The Labute approximate surface area is 163 Å². The Morgan fingerprint density at radius 1 is 1.29 bits per heavy atom. The van der Waals surface area contributed by atoms with Crippen molar-refractivity contribution in [3.63, 3.8) is 0 Å². The molecule has 0 fully saturated rings. The van der Waals surface area contributed by atoms with Gasteiger partial charge >= 0.3 is 0 Å². The highest BCUT2D eigenvalue weighted by molar-refractivity contribution is 14.0. The summed E-state index contributed by atoms with van der Waals surface area (Å²) in [7, 11) is 0. The third kappa shape index (κ3) is 7.04. The van der Waals surface area contributed by atoms with E-state index in [-0.39, 0.29) is 41.6 Å². The van der Waals surface area contributed by atoms with Gasteiger partial charge in [0.2, 0.25) is 0 Å². The number of rotatable bonds is 7. The molecule has 1 atom stereocenters. The lowest BCUT2D eigenvalue weighted by molar-refractivity contribution is 0.214. The van der Waals surface area contributed by atoms with Crippen LogP contribution in [0.4, 0.5) is 4.39 Å². The Bertz CT molecular complexity index is 622. The summed E-state index contributed by atoms with van der Waals surface area (Å²) in [6, 6.07) is 8.47. The van der Waals surface area contributed by atoms with Crippen molar-refractivity contribution >= 4 is 41.3 Å². The van der Waals surface area contributed by atoms with Gasteiger partial charge in [-0.3, -0.25) is 0 Å². The van der Waals surface area contributed by atoms with Crippen LogP contribution in [0.25, 0.3) is 0 Å². The molecule has 132 valence electrons. The summed E-state index contributed by atoms with van der Waals surface area (Å²) < 4.78 is 19.2. The Morgan fingerprint density at radius 3 is 2.75 bits per heavy atom. The lowest BCUT2D eigenvalue weighted by Crippen LogP contribution is -2.41. The quantitative estimate of drug-likeness (QED) is 0.371. The molecular weight excluding hydrogens is 440 g/mol. The van der Waals surface area contributed by atoms with Gasteiger partial charge in [0.15, 0.2) is 17.5 Å². The van der Waals surface area contributed by atoms with Crippen molar-refractivity contribution in [3.05, 3.63) is 52.5 Å². The van der Waals surface area contributed by atoms with E-state index in [0.29, 0.717) is 13.1 Å². The molecule has 4 nitrogen and oxygen atoms in total. The first kappa shape index (κ1) is 20.7. The Morgan fingerprint density at radius 2 is 2.08 bits per heavy atom. The zero-order valence-corrected chi connectivity index (χ0v) is 16.9. The van der Waals surface area contributed by atoms with E-state index in [1.54, 1.807) is 29.5 Å². The Kier molecular flexibility index (Phi) is 9.70. The van der Waals surface area contributed by atoms with E-state index in [1.165, 1.54) is 11.6 Å². The molecule has 0 saturated heterocycles. The molecule has 1 unspecified atom stereocenters. The minimum Gasteiger partial charge on any atom is -0.486 e.